The van der Waals surface area contributed by atoms with Gasteiger partial charge in [0, 0.05) is 4.47 Å². The maximum absolute atomic E-state index is 11.7. The van der Waals surface area contributed by atoms with Gasteiger partial charge < -0.3 is 5.11 Å². The van der Waals surface area contributed by atoms with E-state index in [0.29, 0.717) is 5.69 Å². The van der Waals surface area contributed by atoms with Gasteiger partial charge in [-0.2, -0.15) is 0 Å². The zero-order valence-electron chi connectivity index (χ0n) is 9.07. The SMILES string of the molecule is Cc1cc(Br)ccc1NS(=O)(=O)C(C)CO. The van der Waals surface area contributed by atoms with Crippen molar-refractivity contribution in [3.05, 3.63) is 28.2 Å². The molecule has 0 amide bonds. The minimum Gasteiger partial charge on any atom is -0.395 e. The maximum Gasteiger partial charge on any atom is 0.237 e. The van der Waals surface area contributed by atoms with Gasteiger partial charge in [-0.3, -0.25) is 4.72 Å². The molecule has 0 aliphatic rings. The van der Waals surface area contributed by atoms with Crippen LogP contribution in [0.25, 0.3) is 0 Å². The lowest BCUT2D eigenvalue weighted by atomic mass is 10.2. The molecule has 1 aromatic carbocycles. The molecule has 1 unspecified atom stereocenters. The number of aliphatic hydroxyl groups excluding tert-OH is 1. The van der Waals surface area contributed by atoms with Gasteiger partial charge in [-0.15, -0.1) is 0 Å². The Morgan fingerprint density at radius 1 is 1.50 bits per heavy atom. The van der Waals surface area contributed by atoms with E-state index < -0.39 is 21.9 Å². The minimum atomic E-state index is -3.51. The highest BCUT2D eigenvalue weighted by Crippen LogP contribution is 2.21. The van der Waals surface area contributed by atoms with E-state index in [4.69, 9.17) is 5.11 Å². The van der Waals surface area contributed by atoms with Crippen LogP contribution >= 0.6 is 15.9 Å². The first-order valence-electron chi connectivity index (χ1n) is 4.75. The largest absolute Gasteiger partial charge is 0.395 e. The van der Waals surface area contributed by atoms with Crippen LogP contribution in [0, 0.1) is 6.92 Å². The molecule has 1 rings (SSSR count). The number of hydrogen-bond acceptors (Lipinski definition) is 3. The molecule has 0 aliphatic carbocycles. The van der Waals surface area contributed by atoms with Crippen molar-refractivity contribution in [3.63, 3.8) is 0 Å². The van der Waals surface area contributed by atoms with Gasteiger partial charge in [-0.25, -0.2) is 8.42 Å². The molecule has 90 valence electrons. The standard InChI is InChI=1S/C10H14BrNO3S/c1-7-5-9(11)3-4-10(7)12-16(14,15)8(2)6-13/h3-5,8,12-13H,6H2,1-2H3. The Hall–Kier alpha value is -0.590. The molecule has 0 radical (unpaired) electrons. The van der Waals surface area contributed by atoms with Gasteiger partial charge in [0.05, 0.1) is 12.3 Å². The number of benzene rings is 1. The topological polar surface area (TPSA) is 66.4 Å². The molecule has 0 spiro atoms. The highest BCUT2D eigenvalue weighted by molar-refractivity contribution is 9.10. The zero-order chi connectivity index (χ0) is 12.3. The van der Waals surface area contributed by atoms with Gasteiger partial charge in [0.25, 0.3) is 0 Å². The molecular formula is C10H14BrNO3S. The van der Waals surface area contributed by atoms with Crippen LogP contribution in [0.2, 0.25) is 0 Å². The van der Waals surface area contributed by atoms with Gasteiger partial charge >= 0.3 is 0 Å². The van der Waals surface area contributed by atoms with Crippen LogP contribution in [-0.4, -0.2) is 25.4 Å². The van der Waals surface area contributed by atoms with Crippen LogP contribution < -0.4 is 4.72 Å². The molecule has 4 nitrogen and oxygen atoms in total. The lowest BCUT2D eigenvalue weighted by Gasteiger charge is -2.14. The second-order valence-electron chi connectivity index (χ2n) is 3.60. The zero-order valence-corrected chi connectivity index (χ0v) is 11.5. The molecule has 1 atom stereocenters. The Kier molecular flexibility index (Phi) is 4.35. The van der Waals surface area contributed by atoms with E-state index in [1.54, 1.807) is 12.1 Å². The van der Waals surface area contributed by atoms with Gasteiger partial charge in [0.15, 0.2) is 0 Å². The summed E-state index contributed by atoms with van der Waals surface area (Å²) in [6.07, 6.45) is 0. The first-order valence-corrected chi connectivity index (χ1v) is 7.09. The van der Waals surface area contributed by atoms with Gasteiger partial charge in [-0.1, -0.05) is 15.9 Å². The number of sulfonamides is 1. The van der Waals surface area contributed by atoms with E-state index in [0.717, 1.165) is 10.0 Å². The van der Waals surface area contributed by atoms with E-state index >= 15 is 0 Å². The van der Waals surface area contributed by atoms with E-state index in [9.17, 15) is 8.42 Å². The quantitative estimate of drug-likeness (QED) is 0.892. The van der Waals surface area contributed by atoms with Crippen LogP contribution in [0.5, 0.6) is 0 Å². The summed E-state index contributed by atoms with van der Waals surface area (Å²) >= 11 is 3.30. The Bertz CT molecular complexity index is 473. The molecule has 0 heterocycles. The summed E-state index contributed by atoms with van der Waals surface area (Å²) in [6, 6.07) is 5.26. The van der Waals surface area contributed by atoms with Crippen molar-refractivity contribution in [1.29, 1.82) is 0 Å². The van der Waals surface area contributed by atoms with Crippen molar-refractivity contribution in [1.82, 2.24) is 0 Å². The fourth-order valence-corrected chi connectivity index (χ4v) is 2.50. The monoisotopic (exact) mass is 307 g/mol. The summed E-state index contributed by atoms with van der Waals surface area (Å²) in [5.41, 5.74) is 1.35. The van der Waals surface area contributed by atoms with Crippen molar-refractivity contribution in [2.45, 2.75) is 19.1 Å². The van der Waals surface area contributed by atoms with E-state index in [1.165, 1.54) is 6.92 Å². The van der Waals surface area contributed by atoms with Crippen molar-refractivity contribution < 1.29 is 13.5 Å². The number of anilines is 1. The van der Waals surface area contributed by atoms with Crippen LogP contribution in [0.4, 0.5) is 5.69 Å². The Morgan fingerprint density at radius 3 is 2.62 bits per heavy atom. The molecule has 0 bridgehead atoms. The molecule has 6 heteroatoms. The summed E-state index contributed by atoms with van der Waals surface area (Å²) in [6.45, 7) is 2.87. The average molecular weight is 308 g/mol. The first kappa shape index (κ1) is 13.5. The lowest BCUT2D eigenvalue weighted by Crippen LogP contribution is -2.28. The first-order chi connectivity index (χ1) is 7.36. The fraction of sp³-hybridized carbons (Fsp3) is 0.400. The normalized spacial score (nSPS) is 13.5. The predicted molar refractivity (Wildman–Crippen MR) is 68.0 cm³/mol. The average Bonchev–Trinajstić information content (AvgIpc) is 2.21. The molecule has 16 heavy (non-hydrogen) atoms. The maximum atomic E-state index is 11.7. The van der Waals surface area contributed by atoms with Crippen molar-refractivity contribution in [3.8, 4) is 0 Å². The molecular weight excluding hydrogens is 294 g/mol. The number of halogens is 1. The Balaban J connectivity index is 2.97. The summed E-state index contributed by atoms with van der Waals surface area (Å²) in [7, 11) is -3.51. The third-order valence-corrected chi connectivity index (χ3v) is 4.43. The highest BCUT2D eigenvalue weighted by atomic mass is 79.9. The molecule has 0 fully saturated rings. The number of hydrogen-bond donors (Lipinski definition) is 2. The van der Waals surface area contributed by atoms with E-state index in [1.807, 2.05) is 13.0 Å². The highest BCUT2D eigenvalue weighted by Gasteiger charge is 2.20. The number of rotatable bonds is 4. The third-order valence-electron chi connectivity index (χ3n) is 2.23. The molecule has 1 aromatic rings. The molecule has 0 aliphatic heterocycles. The van der Waals surface area contributed by atoms with Gasteiger partial charge in [0.2, 0.25) is 10.0 Å². The minimum absolute atomic E-state index is 0.398. The van der Waals surface area contributed by atoms with E-state index in [2.05, 4.69) is 20.7 Å². The smallest absolute Gasteiger partial charge is 0.237 e. The molecule has 0 saturated heterocycles. The van der Waals surface area contributed by atoms with Crippen molar-refractivity contribution in [2.75, 3.05) is 11.3 Å². The Labute approximate surface area is 104 Å². The predicted octanol–water partition coefficient (Wildman–Crippen LogP) is 1.88. The third kappa shape index (κ3) is 3.20. The fourth-order valence-electron chi connectivity index (χ4n) is 1.09. The van der Waals surface area contributed by atoms with Crippen LogP contribution in [0.3, 0.4) is 0 Å². The molecule has 0 saturated carbocycles. The lowest BCUT2D eigenvalue weighted by molar-refractivity contribution is 0.296. The van der Waals surface area contributed by atoms with Crippen LogP contribution in [0.15, 0.2) is 22.7 Å². The van der Waals surface area contributed by atoms with Gasteiger partial charge in [0.1, 0.15) is 5.25 Å². The summed E-state index contributed by atoms with van der Waals surface area (Å²) < 4.78 is 26.7. The van der Waals surface area contributed by atoms with Gasteiger partial charge in [-0.05, 0) is 37.6 Å². The number of aryl methyl sites for hydroxylation is 1. The second kappa shape index (κ2) is 5.16. The Morgan fingerprint density at radius 2 is 2.12 bits per heavy atom. The summed E-state index contributed by atoms with van der Waals surface area (Å²) in [4.78, 5) is 0. The second-order valence-corrected chi connectivity index (χ2v) is 6.61. The van der Waals surface area contributed by atoms with E-state index in [-0.39, 0.29) is 0 Å². The van der Waals surface area contributed by atoms with Crippen molar-refractivity contribution >= 4 is 31.6 Å². The van der Waals surface area contributed by atoms with Crippen LogP contribution in [-0.2, 0) is 10.0 Å². The summed E-state index contributed by atoms with van der Waals surface area (Å²) in [5.74, 6) is 0. The number of aliphatic hydroxyl groups is 1. The number of nitrogens with one attached hydrogen (secondary N) is 1. The molecule has 2 N–H and O–H groups in total. The van der Waals surface area contributed by atoms with Crippen LogP contribution in [0.1, 0.15) is 12.5 Å². The van der Waals surface area contributed by atoms with Crippen molar-refractivity contribution in [2.24, 2.45) is 0 Å². The summed E-state index contributed by atoms with van der Waals surface area (Å²) in [5, 5.41) is 8.01. The molecule has 0 aromatic heterocycles.